The Labute approximate surface area is 95.5 Å². The van der Waals surface area contributed by atoms with Gasteiger partial charge in [0, 0.05) is 18.9 Å². The van der Waals surface area contributed by atoms with Gasteiger partial charge in [-0.3, -0.25) is 0 Å². The van der Waals surface area contributed by atoms with E-state index >= 15 is 0 Å². The van der Waals surface area contributed by atoms with Gasteiger partial charge in [0.25, 0.3) is 0 Å². The Kier molecular flexibility index (Phi) is 14.1. The van der Waals surface area contributed by atoms with Crippen molar-refractivity contribution in [1.29, 1.82) is 0 Å². The first-order chi connectivity index (χ1) is 6.91. The maximum Gasteiger partial charge on any atom is 0.102 e. The smallest absolute Gasteiger partial charge is 0.102 e. The van der Waals surface area contributed by atoms with Crippen LogP contribution in [0.1, 0.15) is 12.8 Å². The molecule has 0 radical (unpaired) electrons. The molecule has 0 unspecified atom stereocenters. The summed E-state index contributed by atoms with van der Waals surface area (Å²) in [4.78, 5) is 0. The van der Waals surface area contributed by atoms with Gasteiger partial charge in [-0.2, -0.15) is 0 Å². The van der Waals surface area contributed by atoms with Gasteiger partial charge in [-0.25, -0.2) is 0 Å². The minimum atomic E-state index is 0.813. The summed E-state index contributed by atoms with van der Waals surface area (Å²) in [6.07, 6.45) is 2.36. The highest BCUT2D eigenvalue weighted by atomic mass is 33.1. The summed E-state index contributed by atoms with van der Waals surface area (Å²) in [6.45, 7) is 3.05. The first kappa shape index (κ1) is 14.6. The van der Waals surface area contributed by atoms with Crippen molar-refractivity contribution >= 4 is 21.6 Å². The van der Waals surface area contributed by atoms with Crippen LogP contribution in [-0.2, 0) is 4.74 Å². The molecule has 0 rings (SSSR count). The van der Waals surface area contributed by atoms with E-state index in [9.17, 15) is 0 Å². The molecular formula is C9H22N2OS2. The highest BCUT2D eigenvalue weighted by molar-refractivity contribution is 8.76. The van der Waals surface area contributed by atoms with Crippen molar-refractivity contribution in [3.8, 4) is 0 Å². The topological polar surface area (TPSA) is 33.3 Å². The highest BCUT2D eigenvalue weighted by Crippen LogP contribution is 2.20. The van der Waals surface area contributed by atoms with Gasteiger partial charge in [0.1, 0.15) is 5.94 Å². The molecule has 0 aliphatic rings. The van der Waals surface area contributed by atoms with Crippen molar-refractivity contribution in [3.05, 3.63) is 0 Å². The van der Waals surface area contributed by atoms with Gasteiger partial charge in [-0.1, -0.05) is 21.6 Å². The monoisotopic (exact) mass is 238 g/mol. The lowest BCUT2D eigenvalue weighted by Gasteiger charge is -2.03. The predicted octanol–water partition coefficient (Wildman–Crippen LogP) is 1.56. The quantitative estimate of drug-likeness (QED) is 0.324. The van der Waals surface area contributed by atoms with Crippen LogP contribution in [-0.4, -0.2) is 45.5 Å². The zero-order chi connectivity index (χ0) is 10.5. The molecule has 0 aromatic rings. The Morgan fingerprint density at radius 3 is 2.50 bits per heavy atom. The number of nitrogens with one attached hydrogen (secondary N) is 2. The summed E-state index contributed by atoms with van der Waals surface area (Å²) in [5.74, 6) is 1.96. The van der Waals surface area contributed by atoms with Crippen LogP contribution < -0.4 is 10.6 Å². The predicted molar refractivity (Wildman–Crippen MR) is 68.0 cm³/mol. The number of ether oxygens (including phenoxy) is 1. The normalized spacial score (nSPS) is 10.7. The van der Waals surface area contributed by atoms with Crippen molar-refractivity contribution in [1.82, 2.24) is 10.6 Å². The second-order valence-electron chi connectivity index (χ2n) is 2.88. The van der Waals surface area contributed by atoms with Gasteiger partial charge in [0.2, 0.25) is 0 Å². The molecule has 0 fully saturated rings. The molecule has 0 aliphatic carbocycles. The van der Waals surface area contributed by atoms with E-state index in [1.54, 1.807) is 10.8 Å². The number of hydrogen-bond acceptors (Lipinski definition) is 5. The third-order valence-corrected chi connectivity index (χ3v) is 3.70. The fraction of sp³-hybridized carbons (Fsp3) is 1.00. The van der Waals surface area contributed by atoms with E-state index in [1.165, 1.54) is 6.42 Å². The second kappa shape index (κ2) is 13.6. The molecule has 0 amide bonds. The fourth-order valence-electron chi connectivity index (χ4n) is 0.836. The number of hydrogen-bond donors (Lipinski definition) is 2. The van der Waals surface area contributed by atoms with E-state index in [4.69, 9.17) is 4.74 Å². The van der Waals surface area contributed by atoms with E-state index < -0.39 is 0 Å². The maximum atomic E-state index is 5.45. The molecule has 0 aromatic carbocycles. The Hall–Kier alpha value is 0.580. The summed E-state index contributed by atoms with van der Waals surface area (Å²) >= 11 is 0. The molecule has 0 aliphatic heterocycles. The molecule has 0 saturated heterocycles. The minimum Gasteiger partial charge on any atom is -0.370 e. The van der Waals surface area contributed by atoms with Gasteiger partial charge >= 0.3 is 0 Å². The third kappa shape index (κ3) is 12.6. The summed E-state index contributed by atoms with van der Waals surface area (Å²) in [5.41, 5.74) is 0. The Morgan fingerprint density at radius 2 is 1.79 bits per heavy atom. The van der Waals surface area contributed by atoms with Crippen LogP contribution in [0.2, 0.25) is 0 Å². The largest absolute Gasteiger partial charge is 0.370 e. The molecule has 0 aromatic heterocycles. The van der Waals surface area contributed by atoms with E-state index in [-0.39, 0.29) is 0 Å². The molecule has 14 heavy (non-hydrogen) atoms. The molecule has 86 valence electrons. The molecule has 0 heterocycles. The molecule has 0 spiro atoms. The Morgan fingerprint density at radius 1 is 1.00 bits per heavy atom. The van der Waals surface area contributed by atoms with Gasteiger partial charge in [0.05, 0.1) is 0 Å². The molecule has 0 bridgehead atoms. The minimum absolute atomic E-state index is 0.813. The SMILES string of the molecule is CNCCCCOCSSCCNC. The average Bonchev–Trinajstić information content (AvgIpc) is 2.21. The van der Waals surface area contributed by atoms with Crippen LogP contribution in [0.4, 0.5) is 0 Å². The Bertz CT molecular complexity index is 94.8. The maximum absolute atomic E-state index is 5.45. The average molecular weight is 238 g/mol. The highest BCUT2D eigenvalue weighted by Gasteiger charge is 1.91. The van der Waals surface area contributed by atoms with Crippen molar-refractivity contribution in [2.24, 2.45) is 0 Å². The second-order valence-corrected chi connectivity index (χ2v) is 5.41. The van der Waals surface area contributed by atoms with Crippen LogP contribution in [0.25, 0.3) is 0 Å². The lowest BCUT2D eigenvalue weighted by atomic mass is 10.3. The van der Waals surface area contributed by atoms with E-state index in [2.05, 4.69) is 10.6 Å². The number of rotatable bonds is 11. The molecule has 5 heteroatoms. The summed E-state index contributed by atoms with van der Waals surface area (Å²) in [6, 6.07) is 0. The molecule has 0 saturated carbocycles. The zero-order valence-corrected chi connectivity index (χ0v) is 10.8. The lowest BCUT2D eigenvalue weighted by molar-refractivity contribution is 0.178. The third-order valence-electron chi connectivity index (χ3n) is 1.62. The van der Waals surface area contributed by atoms with Crippen molar-refractivity contribution < 1.29 is 4.74 Å². The van der Waals surface area contributed by atoms with E-state index in [1.807, 2.05) is 24.9 Å². The van der Waals surface area contributed by atoms with Crippen LogP contribution in [0.3, 0.4) is 0 Å². The lowest BCUT2D eigenvalue weighted by Crippen LogP contribution is -2.09. The standard InChI is InChI=1S/C9H22N2OS2/c1-10-5-3-4-7-12-9-14-13-8-6-11-2/h10-11H,3-9H2,1-2H3. The molecule has 2 N–H and O–H groups in total. The molecular weight excluding hydrogens is 216 g/mol. The van der Waals surface area contributed by atoms with Gasteiger partial charge in [-0.15, -0.1) is 0 Å². The number of unbranched alkanes of at least 4 members (excludes halogenated alkanes) is 1. The van der Waals surface area contributed by atoms with E-state index in [0.717, 1.165) is 37.8 Å². The summed E-state index contributed by atoms with van der Waals surface area (Å²) < 4.78 is 5.45. The van der Waals surface area contributed by atoms with Crippen LogP contribution in [0.15, 0.2) is 0 Å². The van der Waals surface area contributed by atoms with Crippen LogP contribution in [0, 0.1) is 0 Å². The fourth-order valence-corrected chi connectivity index (χ4v) is 2.51. The first-order valence-corrected chi connectivity index (χ1v) is 7.52. The van der Waals surface area contributed by atoms with Crippen LogP contribution in [0.5, 0.6) is 0 Å². The van der Waals surface area contributed by atoms with E-state index in [0.29, 0.717) is 0 Å². The van der Waals surface area contributed by atoms with Gasteiger partial charge < -0.3 is 15.4 Å². The van der Waals surface area contributed by atoms with Crippen molar-refractivity contribution in [3.63, 3.8) is 0 Å². The molecule has 3 nitrogen and oxygen atoms in total. The van der Waals surface area contributed by atoms with Gasteiger partial charge in [-0.05, 0) is 33.5 Å². The summed E-state index contributed by atoms with van der Waals surface area (Å²) in [5, 5.41) is 6.23. The molecule has 0 atom stereocenters. The zero-order valence-electron chi connectivity index (χ0n) is 9.17. The Balaban J connectivity index is 2.78. The van der Waals surface area contributed by atoms with Crippen molar-refractivity contribution in [2.75, 3.05) is 45.5 Å². The van der Waals surface area contributed by atoms with Crippen molar-refractivity contribution in [2.45, 2.75) is 12.8 Å². The summed E-state index contributed by atoms with van der Waals surface area (Å²) in [7, 11) is 7.62. The van der Waals surface area contributed by atoms with Gasteiger partial charge in [0.15, 0.2) is 0 Å². The first-order valence-electron chi connectivity index (χ1n) is 5.03. The van der Waals surface area contributed by atoms with Crippen LogP contribution >= 0.6 is 21.6 Å².